The van der Waals surface area contributed by atoms with Crippen molar-refractivity contribution in [3.8, 4) is 0 Å². The van der Waals surface area contributed by atoms with Gasteiger partial charge in [-0.3, -0.25) is 6.42 Å². The molecule has 2 nitrogen and oxygen atoms in total. The van der Waals surface area contributed by atoms with E-state index in [9.17, 15) is 9.59 Å². The van der Waals surface area contributed by atoms with Crippen molar-refractivity contribution in [2.45, 2.75) is 41.5 Å². The average Bonchev–Trinajstić information content (AvgIpc) is 1.82. The van der Waals surface area contributed by atoms with Crippen molar-refractivity contribution in [1.29, 1.82) is 0 Å². The summed E-state index contributed by atoms with van der Waals surface area (Å²) in [6.07, 6.45) is 1.22. The minimum atomic E-state index is -0.457. The van der Waals surface area contributed by atoms with Crippen LogP contribution in [0.4, 0.5) is 0 Å². The molecule has 0 rings (SSSR count). The molecule has 0 spiro atoms. The van der Waals surface area contributed by atoms with Crippen LogP contribution >= 0.6 is 0 Å². The van der Waals surface area contributed by atoms with Gasteiger partial charge in [-0.2, -0.15) is 0 Å². The molecule has 0 unspecified atom stereocenters. The van der Waals surface area contributed by atoms with E-state index in [1.54, 1.807) is 0 Å². The summed E-state index contributed by atoms with van der Waals surface area (Å²) in [5, 5.41) is 0. The minimum absolute atomic E-state index is 0. The van der Waals surface area contributed by atoms with E-state index in [1.807, 2.05) is 41.5 Å². The Bertz CT molecular complexity index is 194. The molecule has 0 radical (unpaired) electrons. The van der Waals surface area contributed by atoms with Crippen molar-refractivity contribution in [3.63, 3.8) is 0 Å². The maximum atomic E-state index is 11.4. The van der Waals surface area contributed by atoms with Crippen LogP contribution in [0, 0.1) is 17.3 Å². The van der Waals surface area contributed by atoms with Gasteiger partial charge in [-0.25, -0.2) is 0 Å². The van der Waals surface area contributed by atoms with E-state index >= 15 is 0 Å². The quantitative estimate of drug-likeness (QED) is 0.344. The Labute approximate surface area is 109 Å². The van der Waals surface area contributed by atoms with E-state index in [1.165, 1.54) is 6.42 Å². The molecule has 0 bridgehead atoms. The molecule has 0 atom stereocenters. The Morgan fingerprint density at radius 2 is 1.00 bits per heavy atom. The second kappa shape index (κ2) is 5.34. The number of carbonyl (C=O) groups is 2. The zero-order chi connectivity index (χ0) is 10.9. The summed E-state index contributed by atoms with van der Waals surface area (Å²) in [7, 11) is 0. The van der Waals surface area contributed by atoms with Crippen LogP contribution in [0.5, 0.6) is 0 Å². The first-order valence-corrected chi connectivity index (χ1v) is 4.49. The first kappa shape index (κ1) is 16.6. The number of Topliss-reactive ketones (excluding diaryl/α,β-unsaturated/α-hetero) is 2. The maximum Gasteiger partial charge on any atom is 1.00 e. The first-order valence-electron chi connectivity index (χ1n) is 4.49. The summed E-state index contributed by atoms with van der Waals surface area (Å²) in [5.41, 5.74) is -0.915. The predicted octanol–water partition coefficient (Wildman–Crippen LogP) is -0.575. The Kier molecular flexibility index (Phi) is 6.34. The zero-order valence-corrected chi connectivity index (χ0v) is 12.4. The van der Waals surface area contributed by atoms with Crippen molar-refractivity contribution < 1.29 is 39.1 Å². The second-order valence-electron chi connectivity index (χ2n) is 5.37. The Morgan fingerprint density at radius 3 is 1.14 bits per heavy atom. The fourth-order valence-corrected chi connectivity index (χ4v) is 0.552. The van der Waals surface area contributed by atoms with Crippen LogP contribution in [0.1, 0.15) is 41.5 Å². The number of hydrogen-bond acceptors (Lipinski definition) is 2. The van der Waals surface area contributed by atoms with Crippen LogP contribution in [0.15, 0.2) is 0 Å². The van der Waals surface area contributed by atoms with Gasteiger partial charge in [0.2, 0.25) is 0 Å². The molecule has 0 fully saturated rings. The number of rotatable bonds is 2. The van der Waals surface area contributed by atoms with E-state index in [-0.39, 0.29) is 41.1 Å². The van der Waals surface area contributed by atoms with Gasteiger partial charge in [0.25, 0.3) is 0 Å². The van der Waals surface area contributed by atoms with Gasteiger partial charge in [-0.1, -0.05) is 41.5 Å². The smallest absolute Gasteiger partial charge is 0.333 e. The summed E-state index contributed by atoms with van der Waals surface area (Å²) >= 11 is 0. The molecule has 0 saturated heterocycles. The molecule has 0 aliphatic rings. The van der Waals surface area contributed by atoms with Gasteiger partial charge in [-0.05, 0) is 10.8 Å². The van der Waals surface area contributed by atoms with E-state index < -0.39 is 10.8 Å². The third-order valence-corrected chi connectivity index (χ3v) is 1.74. The molecular formula is C11H19NaO2. The van der Waals surface area contributed by atoms with Crippen molar-refractivity contribution in [2.24, 2.45) is 10.8 Å². The van der Waals surface area contributed by atoms with E-state index in [0.29, 0.717) is 0 Å². The molecule has 0 amide bonds. The molecule has 0 aromatic rings. The third kappa shape index (κ3) is 5.84. The molecule has 14 heavy (non-hydrogen) atoms. The minimum Gasteiger partial charge on any atom is -0.333 e. The van der Waals surface area contributed by atoms with Gasteiger partial charge in [0.15, 0.2) is 0 Å². The van der Waals surface area contributed by atoms with Crippen LogP contribution in [-0.2, 0) is 9.59 Å². The topological polar surface area (TPSA) is 34.1 Å². The van der Waals surface area contributed by atoms with Crippen LogP contribution in [-0.4, -0.2) is 11.6 Å². The second-order valence-corrected chi connectivity index (χ2v) is 5.37. The number of hydrogen-bond donors (Lipinski definition) is 0. The predicted molar refractivity (Wildman–Crippen MR) is 53.2 cm³/mol. The Hall–Kier alpha value is 0.210. The summed E-state index contributed by atoms with van der Waals surface area (Å²) in [4.78, 5) is 22.9. The molecule has 3 heteroatoms. The maximum absolute atomic E-state index is 11.4. The van der Waals surface area contributed by atoms with Gasteiger partial charge in [0.05, 0.1) is 0 Å². The van der Waals surface area contributed by atoms with E-state index in [4.69, 9.17) is 0 Å². The summed E-state index contributed by atoms with van der Waals surface area (Å²) < 4.78 is 0. The summed E-state index contributed by atoms with van der Waals surface area (Å²) in [6, 6.07) is 0. The van der Waals surface area contributed by atoms with Crippen LogP contribution < -0.4 is 29.6 Å². The van der Waals surface area contributed by atoms with Crippen molar-refractivity contribution in [3.05, 3.63) is 6.42 Å². The SMILES string of the molecule is CC(C)(C)C(=O)[CH-]C(=O)C(C)(C)C.[Na+]. The van der Waals surface area contributed by atoms with Crippen LogP contribution in [0.2, 0.25) is 0 Å². The van der Waals surface area contributed by atoms with Gasteiger partial charge >= 0.3 is 29.6 Å². The fraction of sp³-hybridized carbons (Fsp3) is 0.727. The Morgan fingerprint density at radius 1 is 0.786 bits per heavy atom. The molecule has 0 aliphatic heterocycles. The fourth-order valence-electron chi connectivity index (χ4n) is 0.552. The summed E-state index contributed by atoms with van der Waals surface area (Å²) in [5.74, 6) is -0.208. The van der Waals surface area contributed by atoms with Gasteiger partial charge in [0, 0.05) is 11.6 Å². The molecule has 0 aromatic heterocycles. The monoisotopic (exact) mass is 206 g/mol. The standard InChI is InChI=1S/C11H19O2.Na/c1-10(2,3)8(12)7-9(13)11(4,5)6;/h7H,1-6H3;/q-1;+1. The molecule has 0 N–H and O–H groups in total. The zero-order valence-electron chi connectivity index (χ0n) is 10.4. The number of carbonyl (C=O) groups excluding carboxylic acids is 2. The molecule has 0 aliphatic carbocycles. The van der Waals surface area contributed by atoms with Crippen molar-refractivity contribution >= 4 is 11.6 Å². The van der Waals surface area contributed by atoms with Crippen molar-refractivity contribution in [2.75, 3.05) is 0 Å². The molecule has 0 aromatic carbocycles. The molecular weight excluding hydrogens is 187 g/mol. The van der Waals surface area contributed by atoms with E-state index in [0.717, 1.165) is 0 Å². The molecule has 0 saturated carbocycles. The van der Waals surface area contributed by atoms with Crippen LogP contribution in [0.25, 0.3) is 0 Å². The van der Waals surface area contributed by atoms with Crippen LogP contribution in [0.3, 0.4) is 0 Å². The normalized spacial score (nSPS) is 11.6. The van der Waals surface area contributed by atoms with Gasteiger partial charge in [-0.15, -0.1) is 0 Å². The van der Waals surface area contributed by atoms with Gasteiger partial charge in [0.1, 0.15) is 0 Å². The van der Waals surface area contributed by atoms with E-state index in [2.05, 4.69) is 0 Å². The molecule has 76 valence electrons. The van der Waals surface area contributed by atoms with Crippen molar-refractivity contribution in [1.82, 2.24) is 0 Å². The first-order chi connectivity index (χ1) is 5.55. The Balaban J connectivity index is 0. The third-order valence-electron chi connectivity index (χ3n) is 1.74. The van der Waals surface area contributed by atoms with Gasteiger partial charge < -0.3 is 9.59 Å². The summed E-state index contributed by atoms with van der Waals surface area (Å²) in [6.45, 7) is 10.8. The largest absolute Gasteiger partial charge is 1.00 e. The number of ketones is 2. The average molecular weight is 206 g/mol. The molecule has 0 heterocycles.